The second-order valence-electron chi connectivity index (χ2n) is 6.65. The number of halogens is 4. The van der Waals surface area contributed by atoms with Gasteiger partial charge in [-0.3, -0.25) is 4.90 Å². The fourth-order valence-corrected chi connectivity index (χ4v) is 3.28. The third-order valence-corrected chi connectivity index (χ3v) is 4.26. The highest BCUT2D eigenvalue weighted by atomic mass is 35.5. The van der Waals surface area contributed by atoms with Crippen molar-refractivity contribution in [3.05, 3.63) is 34.1 Å². The number of aryl methyl sites for hydroxylation is 1. The average Bonchev–Trinajstić information content (AvgIpc) is 2.39. The SMILES string of the molecule is Cc1ccc(Cl)c([C@@H](N2CCNCC2)C(C)(C)C)c1F.Cl.Cl. The monoisotopic (exact) mass is 370 g/mol. The van der Waals surface area contributed by atoms with Crippen molar-refractivity contribution in [2.24, 2.45) is 5.41 Å². The molecule has 1 fully saturated rings. The van der Waals surface area contributed by atoms with Crippen LogP contribution in [0.4, 0.5) is 4.39 Å². The molecular weight excluding hydrogens is 346 g/mol. The van der Waals surface area contributed by atoms with Crippen LogP contribution in [0.25, 0.3) is 0 Å². The fraction of sp³-hybridized carbons (Fsp3) is 0.625. The zero-order valence-corrected chi connectivity index (χ0v) is 16.0. The minimum absolute atomic E-state index is 0. The molecule has 1 aliphatic heterocycles. The van der Waals surface area contributed by atoms with E-state index < -0.39 is 0 Å². The number of benzene rings is 1. The van der Waals surface area contributed by atoms with Gasteiger partial charge in [-0.1, -0.05) is 38.4 Å². The van der Waals surface area contributed by atoms with Crippen molar-refractivity contribution in [2.75, 3.05) is 26.2 Å². The number of nitrogens with one attached hydrogen (secondary N) is 1. The smallest absolute Gasteiger partial charge is 0.132 e. The Hall–Kier alpha value is -0.0600. The van der Waals surface area contributed by atoms with Gasteiger partial charge in [0.2, 0.25) is 0 Å². The van der Waals surface area contributed by atoms with Crippen molar-refractivity contribution >= 4 is 36.4 Å². The van der Waals surface area contributed by atoms with Crippen LogP contribution in [0.3, 0.4) is 0 Å². The molecule has 0 radical (unpaired) electrons. The second-order valence-corrected chi connectivity index (χ2v) is 7.05. The van der Waals surface area contributed by atoms with Gasteiger partial charge in [0.15, 0.2) is 0 Å². The van der Waals surface area contributed by atoms with E-state index in [9.17, 15) is 4.39 Å². The van der Waals surface area contributed by atoms with Gasteiger partial charge >= 0.3 is 0 Å². The van der Waals surface area contributed by atoms with E-state index in [0.29, 0.717) is 16.1 Å². The summed E-state index contributed by atoms with van der Waals surface area (Å²) in [6.07, 6.45) is 0. The molecule has 0 unspecified atom stereocenters. The summed E-state index contributed by atoms with van der Waals surface area (Å²) in [7, 11) is 0. The van der Waals surface area contributed by atoms with E-state index in [2.05, 4.69) is 31.0 Å². The summed E-state index contributed by atoms with van der Waals surface area (Å²) < 4.78 is 14.7. The Morgan fingerprint density at radius 2 is 1.73 bits per heavy atom. The Morgan fingerprint density at radius 3 is 2.23 bits per heavy atom. The lowest BCUT2D eigenvalue weighted by Crippen LogP contribution is -2.48. The predicted octanol–water partition coefficient (Wildman–Crippen LogP) is 4.62. The maximum Gasteiger partial charge on any atom is 0.132 e. The molecule has 1 aliphatic rings. The lowest BCUT2D eigenvalue weighted by molar-refractivity contribution is 0.0834. The maximum absolute atomic E-state index is 14.7. The molecule has 1 saturated heterocycles. The molecule has 1 N–H and O–H groups in total. The van der Waals surface area contributed by atoms with Gasteiger partial charge in [-0.15, -0.1) is 24.8 Å². The third-order valence-electron chi connectivity index (χ3n) is 3.93. The van der Waals surface area contributed by atoms with Gasteiger partial charge in [0.1, 0.15) is 5.82 Å². The fourth-order valence-electron chi connectivity index (χ4n) is 3.03. The summed E-state index contributed by atoms with van der Waals surface area (Å²) in [4.78, 5) is 2.35. The van der Waals surface area contributed by atoms with E-state index in [-0.39, 0.29) is 42.1 Å². The highest BCUT2D eigenvalue weighted by Crippen LogP contribution is 2.42. The zero-order chi connectivity index (χ0) is 14.9. The van der Waals surface area contributed by atoms with Crippen molar-refractivity contribution in [1.82, 2.24) is 10.2 Å². The van der Waals surface area contributed by atoms with E-state index in [4.69, 9.17) is 11.6 Å². The minimum Gasteiger partial charge on any atom is -0.314 e. The van der Waals surface area contributed by atoms with E-state index >= 15 is 0 Å². The quantitative estimate of drug-likeness (QED) is 0.816. The predicted molar refractivity (Wildman–Crippen MR) is 97.3 cm³/mol. The minimum atomic E-state index is -0.157. The van der Waals surface area contributed by atoms with Crippen LogP contribution in [-0.4, -0.2) is 31.1 Å². The van der Waals surface area contributed by atoms with Crippen LogP contribution in [0.5, 0.6) is 0 Å². The van der Waals surface area contributed by atoms with E-state index in [1.807, 2.05) is 6.07 Å². The first-order chi connectivity index (χ1) is 9.32. The molecule has 0 spiro atoms. The van der Waals surface area contributed by atoms with Gasteiger partial charge in [0, 0.05) is 42.8 Å². The van der Waals surface area contributed by atoms with Crippen molar-refractivity contribution in [1.29, 1.82) is 0 Å². The van der Waals surface area contributed by atoms with Crippen molar-refractivity contribution in [3.63, 3.8) is 0 Å². The Kier molecular flexibility index (Phi) is 8.67. The first-order valence-corrected chi connectivity index (χ1v) is 7.59. The van der Waals surface area contributed by atoms with Crippen LogP contribution in [0.1, 0.15) is 37.9 Å². The first-order valence-electron chi connectivity index (χ1n) is 7.21. The summed E-state index contributed by atoms with van der Waals surface area (Å²) in [5, 5.41) is 3.88. The third kappa shape index (κ3) is 4.72. The average molecular weight is 372 g/mol. The van der Waals surface area contributed by atoms with Gasteiger partial charge in [0.05, 0.1) is 0 Å². The molecule has 128 valence electrons. The Morgan fingerprint density at radius 1 is 1.18 bits per heavy atom. The van der Waals surface area contributed by atoms with Crippen molar-refractivity contribution in [2.45, 2.75) is 33.7 Å². The molecule has 2 rings (SSSR count). The molecular formula is C16H26Cl3FN2. The van der Waals surface area contributed by atoms with Crippen LogP contribution in [0.2, 0.25) is 5.02 Å². The van der Waals surface area contributed by atoms with E-state index in [0.717, 1.165) is 26.2 Å². The molecule has 0 aromatic heterocycles. The van der Waals surface area contributed by atoms with Gasteiger partial charge in [0.25, 0.3) is 0 Å². The van der Waals surface area contributed by atoms with Crippen LogP contribution < -0.4 is 5.32 Å². The molecule has 1 heterocycles. The summed E-state index contributed by atoms with van der Waals surface area (Å²) in [6, 6.07) is 3.56. The summed E-state index contributed by atoms with van der Waals surface area (Å²) in [5.74, 6) is -0.157. The topological polar surface area (TPSA) is 15.3 Å². The molecule has 1 atom stereocenters. The normalized spacial score (nSPS) is 17.4. The number of nitrogens with zero attached hydrogens (tertiary/aromatic N) is 1. The number of rotatable bonds is 2. The van der Waals surface area contributed by atoms with Crippen LogP contribution in [0, 0.1) is 18.2 Å². The van der Waals surface area contributed by atoms with Crippen molar-refractivity contribution < 1.29 is 4.39 Å². The molecule has 0 saturated carbocycles. The molecule has 6 heteroatoms. The standard InChI is InChI=1S/C16H24ClFN2.2ClH/c1-11-5-6-12(17)13(14(11)18)15(16(2,3)4)20-9-7-19-8-10-20;;/h5-6,15,19H,7-10H2,1-4H3;2*1H/t15-;;/m1../s1. The van der Waals surface area contributed by atoms with Gasteiger partial charge < -0.3 is 5.32 Å². The Labute approximate surface area is 150 Å². The van der Waals surface area contributed by atoms with Crippen LogP contribution >= 0.6 is 36.4 Å². The van der Waals surface area contributed by atoms with E-state index in [1.54, 1.807) is 13.0 Å². The molecule has 1 aromatic rings. The molecule has 0 amide bonds. The zero-order valence-electron chi connectivity index (χ0n) is 13.6. The lowest BCUT2D eigenvalue weighted by atomic mass is 9.80. The maximum atomic E-state index is 14.7. The van der Waals surface area contributed by atoms with Gasteiger partial charge in [-0.2, -0.15) is 0 Å². The molecule has 2 nitrogen and oxygen atoms in total. The second kappa shape index (κ2) is 8.70. The highest BCUT2D eigenvalue weighted by Gasteiger charge is 2.36. The summed E-state index contributed by atoms with van der Waals surface area (Å²) in [5.41, 5.74) is 1.24. The van der Waals surface area contributed by atoms with Crippen molar-refractivity contribution in [3.8, 4) is 0 Å². The largest absolute Gasteiger partial charge is 0.314 e. The molecule has 1 aromatic carbocycles. The summed E-state index contributed by atoms with van der Waals surface area (Å²) >= 11 is 6.34. The van der Waals surface area contributed by atoms with Gasteiger partial charge in [-0.05, 0) is 24.0 Å². The van der Waals surface area contributed by atoms with E-state index in [1.165, 1.54) is 0 Å². The van der Waals surface area contributed by atoms with Crippen LogP contribution in [0.15, 0.2) is 12.1 Å². The number of piperazine rings is 1. The molecule has 0 bridgehead atoms. The molecule has 0 aliphatic carbocycles. The van der Waals surface area contributed by atoms with Crippen LogP contribution in [-0.2, 0) is 0 Å². The highest BCUT2D eigenvalue weighted by molar-refractivity contribution is 6.31. The summed E-state index contributed by atoms with van der Waals surface area (Å²) in [6.45, 7) is 12.0. The van der Waals surface area contributed by atoms with Gasteiger partial charge in [-0.25, -0.2) is 4.39 Å². The first kappa shape index (κ1) is 21.9. The molecule has 22 heavy (non-hydrogen) atoms. The Balaban J connectivity index is 0.00000220. The number of hydrogen-bond donors (Lipinski definition) is 1. The Bertz CT molecular complexity index is 483. The lowest BCUT2D eigenvalue weighted by Gasteiger charge is -2.43. The number of hydrogen-bond acceptors (Lipinski definition) is 2.